The van der Waals surface area contributed by atoms with E-state index in [1.165, 1.54) is 6.20 Å². The van der Waals surface area contributed by atoms with Gasteiger partial charge in [-0.05, 0) is 24.1 Å². The van der Waals surface area contributed by atoms with Crippen LogP contribution < -0.4 is 0 Å². The first kappa shape index (κ1) is 17.6. The Morgan fingerprint density at radius 1 is 1.29 bits per heavy atom. The molecular weight excluding hydrogens is 330 g/mol. The van der Waals surface area contributed by atoms with Crippen LogP contribution in [0.4, 0.5) is 17.6 Å². The Bertz CT molecular complexity index is 794. The van der Waals surface area contributed by atoms with Gasteiger partial charge in [-0.1, -0.05) is 13.8 Å². The number of rotatable bonds is 4. The summed E-state index contributed by atoms with van der Waals surface area (Å²) in [5.41, 5.74) is -1.27. The van der Waals surface area contributed by atoms with E-state index in [1.807, 2.05) is 0 Å². The molecule has 0 bridgehead atoms. The predicted molar refractivity (Wildman–Crippen MR) is 77.2 cm³/mol. The molecule has 9 heteroatoms. The average molecular weight is 343 g/mol. The third kappa shape index (κ3) is 3.98. The van der Waals surface area contributed by atoms with Crippen molar-refractivity contribution in [1.29, 1.82) is 0 Å². The predicted octanol–water partition coefficient (Wildman–Crippen LogP) is 3.68. The van der Waals surface area contributed by atoms with Crippen LogP contribution in [0.15, 0.2) is 30.1 Å². The smallest absolute Gasteiger partial charge is 0.416 e. The molecule has 0 saturated carbocycles. The molecule has 0 aliphatic heterocycles. The molecular formula is C15H13F4N3O2. The summed E-state index contributed by atoms with van der Waals surface area (Å²) in [5.74, 6) is -2.67. The number of carboxylic acid groups (broad SMARTS) is 1. The van der Waals surface area contributed by atoms with Gasteiger partial charge in [-0.3, -0.25) is 0 Å². The normalized spacial score (nSPS) is 12.7. The zero-order valence-corrected chi connectivity index (χ0v) is 12.7. The summed E-state index contributed by atoms with van der Waals surface area (Å²) < 4.78 is 52.7. The summed E-state index contributed by atoms with van der Waals surface area (Å²) in [6, 6.07) is 1.98. The Morgan fingerprint density at radius 3 is 2.50 bits per heavy atom. The number of carboxylic acids is 1. The summed E-state index contributed by atoms with van der Waals surface area (Å²) in [6.07, 6.45) is -2.36. The molecule has 0 saturated heterocycles. The highest BCUT2D eigenvalue weighted by Crippen LogP contribution is 2.32. The van der Waals surface area contributed by atoms with E-state index in [0.29, 0.717) is 6.07 Å². The van der Waals surface area contributed by atoms with Gasteiger partial charge in [0.25, 0.3) is 0 Å². The van der Waals surface area contributed by atoms with Gasteiger partial charge >= 0.3 is 12.1 Å². The summed E-state index contributed by atoms with van der Waals surface area (Å²) in [5, 5.41) is 13.0. The standard InChI is InChI=1S/C15H13F4N3O2/c1-8(2)12(14(23)24)6-22-7-20-13(21-22)9-3-10(15(17,18)19)5-11(16)4-9/h3-8H,1-2H3,(H,23,24)/b12-6-. The van der Waals surface area contributed by atoms with Gasteiger partial charge in [-0.15, -0.1) is 5.10 Å². The van der Waals surface area contributed by atoms with Crippen LogP contribution in [0.5, 0.6) is 0 Å². The number of alkyl halides is 3. The molecule has 1 aromatic heterocycles. The summed E-state index contributed by atoms with van der Waals surface area (Å²) in [4.78, 5) is 14.9. The minimum Gasteiger partial charge on any atom is -0.478 e. The van der Waals surface area contributed by atoms with Crippen molar-refractivity contribution in [2.45, 2.75) is 20.0 Å². The fraction of sp³-hybridized carbons (Fsp3) is 0.267. The molecule has 0 spiro atoms. The van der Waals surface area contributed by atoms with Crippen molar-refractivity contribution in [2.75, 3.05) is 0 Å². The number of nitrogens with zero attached hydrogens (tertiary/aromatic N) is 3. The number of hydrogen-bond donors (Lipinski definition) is 1. The van der Waals surface area contributed by atoms with Crippen LogP contribution in [0.2, 0.25) is 0 Å². The average Bonchev–Trinajstić information content (AvgIpc) is 2.91. The van der Waals surface area contributed by atoms with Crippen LogP contribution in [0.1, 0.15) is 19.4 Å². The first-order valence-corrected chi connectivity index (χ1v) is 6.82. The lowest BCUT2D eigenvalue weighted by Crippen LogP contribution is -2.08. The Kier molecular flexibility index (Phi) is 4.72. The van der Waals surface area contributed by atoms with Gasteiger partial charge in [0, 0.05) is 11.8 Å². The third-order valence-corrected chi connectivity index (χ3v) is 3.13. The summed E-state index contributed by atoms with van der Waals surface area (Å²) in [6.45, 7) is 3.33. The first-order valence-electron chi connectivity index (χ1n) is 6.82. The van der Waals surface area contributed by atoms with Crippen LogP contribution in [0.3, 0.4) is 0 Å². The maximum absolute atomic E-state index is 13.4. The van der Waals surface area contributed by atoms with Crippen molar-refractivity contribution in [3.63, 3.8) is 0 Å². The SMILES string of the molecule is CC(C)/C(=C/n1cnc(-c2cc(F)cc(C(F)(F)F)c2)n1)C(=O)O. The summed E-state index contributed by atoms with van der Waals surface area (Å²) >= 11 is 0. The monoisotopic (exact) mass is 343 g/mol. The molecule has 2 rings (SSSR count). The quantitative estimate of drug-likeness (QED) is 0.679. The van der Waals surface area contributed by atoms with Crippen molar-refractivity contribution in [1.82, 2.24) is 14.8 Å². The molecule has 2 aromatic rings. The lowest BCUT2D eigenvalue weighted by Gasteiger charge is -2.08. The van der Waals surface area contributed by atoms with E-state index in [2.05, 4.69) is 10.1 Å². The highest BCUT2D eigenvalue weighted by Gasteiger charge is 2.31. The van der Waals surface area contributed by atoms with E-state index in [1.54, 1.807) is 13.8 Å². The number of halogens is 4. The molecule has 5 nitrogen and oxygen atoms in total. The van der Waals surface area contributed by atoms with Gasteiger partial charge in [0.1, 0.15) is 12.1 Å². The molecule has 24 heavy (non-hydrogen) atoms. The first-order chi connectivity index (χ1) is 11.1. The molecule has 0 amide bonds. The molecule has 0 aliphatic carbocycles. The second-order valence-electron chi connectivity index (χ2n) is 5.32. The number of carbonyl (C=O) groups is 1. The van der Waals surface area contributed by atoms with Gasteiger partial charge < -0.3 is 5.11 Å². The van der Waals surface area contributed by atoms with E-state index in [-0.39, 0.29) is 22.9 Å². The minimum atomic E-state index is -4.70. The second-order valence-corrected chi connectivity index (χ2v) is 5.32. The number of hydrogen-bond acceptors (Lipinski definition) is 3. The molecule has 0 aliphatic rings. The van der Waals surface area contributed by atoms with Crippen LogP contribution in [-0.2, 0) is 11.0 Å². The van der Waals surface area contributed by atoms with Crippen molar-refractivity contribution in [3.05, 3.63) is 41.5 Å². The molecule has 0 atom stereocenters. The second kappa shape index (κ2) is 6.42. The fourth-order valence-electron chi connectivity index (χ4n) is 1.95. The maximum atomic E-state index is 13.4. The van der Waals surface area contributed by atoms with Gasteiger partial charge in [0.2, 0.25) is 0 Å². The fourth-order valence-corrected chi connectivity index (χ4v) is 1.95. The van der Waals surface area contributed by atoms with Crippen molar-refractivity contribution in [2.24, 2.45) is 5.92 Å². The molecule has 128 valence electrons. The van der Waals surface area contributed by atoms with Crippen molar-refractivity contribution < 1.29 is 27.5 Å². The Labute approximate surface area is 134 Å². The van der Waals surface area contributed by atoms with Gasteiger partial charge in [-0.2, -0.15) is 13.2 Å². The highest BCUT2D eigenvalue weighted by atomic mass is 19.4. The number of aromatic nitrogens is 3. The molecule has 0 fully saturated rings. The van der Waals surface area contributed by atoms with Crippen molar-refractivity contribution >= 4 is 12.2 Å². The topological polar surface area (TPSA) is 68.0 Å². The highest BCUT2D eigenvalue weighted by molar-refractivity contribution is 5.90. The lowest BCUT2D eigenvalue weighted by molar-refractivity contribution is -0.137. The Hall–Kier alpha value is -2.71. The van der Waals surface area contributed by atoms with E-state index in [0.717, 1.165) is 23.1 Å². The minimum absolute atomic E-state index is 0.0432. The van der Waals surface area contributed by atoms with E-state index in [4.69, 9.17) is 5.11 Å². The van der Waals surface area contributed by atoms with Crippen LogP contribution in [-0.4, -0.2) is 25.8 Å². The van der Waals surface area contributed by atoms with E-state index < -0.39 is 23.5 Å². The zero-order valence-electron chi connectivity index (χ0n) is 12.7. The van der Waals surface area contributed by atoms with Gasteiger partial charge in [-0.25, -0.2) is 18.9 Å². The van der Waals surface area contributed by atoms with Crippen molar-refractivity contribution in [3.8, 4) is 11.4 Å². The Morgan fingerprint density at radius 2 is 1.96 bits per heavy atom. The third-order valence-electron chi connectivity index (χ3n) is 3.13. The largest absolute Gasteiger partial charge is 0.478 e. The van der Waals surface area contributed by atoms with E-state index in [9.17, 15) is 22.4 Å². The van der Waals surface area contributed by atoms with Crippen LogP contribution in [0, 0.1) is 11.7 Å². The van der Waals surface area contributed by atoms with Gasteiger partial charge in [0.05, 0.1) is 11.1 Å². The number of aliphatic carboxylic acids is 1. The zero-order chi connectivity index (χ0) is 18.1. The van der Waals surface area contributed by atoms with Gasteiger partial charge in [0.15, 0.2) is 5.82 Å². The summed E-state index contributed by atoms with van der Waals surface area (Å²) in [7, 11) is 0. The number of benzene rings is 1. The molecule has 0 radical (unpaired) electrons. The Balaban J connectivity index is 2.43. The molecule has 1 N–H and O–H groups in total. The molecule has 1 aromatic carbocycles. The van der Waals surface area contributed by atoms with Crippen LogP contribution >= 0.6 is 0 Å². The molecule has 1 heterocycles. The maximum Gasteiger partial charge on any atom is 0.416 e. The molecule has 0 unspecified atom stereocenters. The van der Waals surface area contributed by atoms with E-state index >= 15 is 0 Å². The lowest BCUT2D eigenvalue weighted by atomic mass is 10.1. The van der Waals surface area contributed by atoms with Crippen LogP contribution in [0.25, 0.3) is 17.6 Å².